The third kappa shape index (κ3) is 3.29. The van der Waals surface area contributed by atoms with Crippen molar-refractivity contribution in [2.24, 2.45) is 0 Å². The summed E-state index contributed by atoms with van der Waals surface area (Å²) in [6.07, 6.45) is 2.61. The minimum Gasteiger partial charge on any atom is -0.497 e. The first-order chi connectivity index (χ1) is 12.6. The summed E-state index contributed by atoms with van der Waals surface area (Å²) in [5.74, 6) is 1.23. The summed E-state index contributed by atoms with van der Waals surface area (Å²) >= 11 is 1.69. The van der Waals surface area contributed by atoms with Crippen LogP contribution in [0.5, 0.6) is 5.75 Å². The molecule has 6 heteroatoms. The maximum absolute atomic E-state index is 13.6. The zero-order valence-corrected chi connectivity index (χ0v) is 15.1. The number of halogens is 1. The van der Waals surface area contributed by atoms with Gasteiger partial charge in [-0.1, -0.05) is 0 Å². The average molecular weight is 371 g/mol. The average Bonchev–Trinajstić information content (AvgIpc) is 3.04. The minimum atomic E-state index is -0.278. The summed E-state index contributed by atoms with van der Waals surface area (Å²) in [5, 5.41) is 3.94. The van der Waals surface area contributed by atoms with Crippen LogP contribution in [0, 0.1) is 5.82 Å². The highest BCUT2D eigenvalue weighted by atomic mass is 32.2. The molecule has 0 aliphatic carbocycles. The summed E-state index contributed by atoms with van der Waals surface area (Å²) in [5.41, 5.74) is 2.37. The summed E-state index contributed by atoms with van der Waals surface area (Å²) in [6.45, 7) is 0. The number of rotatable bonds is 4. The van der Waals surface area contributed by atoms with Crippen LogP contribution >= 0.6 is 11.8 Å². The molecule has 0 bridgehead atoms. The molecule has 1 aliphatic rings. The summed E-state index contributed by atoms with van der Waals surface area (Å²) in [7, 11) is 1.60. The second-order valence-corrected chi connectivity index (χ2v) is 7.38. The number of hydrogen-bond acceptors (Lipinski definition) is 4. The molecule has 0 spiro atoms. The Morgan fingerprint density at radius 1 is 1.35 bits per heavy atom. The number of ether oxygens (including phenoxy) is 1. The lowest BCUT2D eigenvalue weighted by Crippen LogP contribution is -2.31. The molecule has 2 heterocycles. The minimum absolute atomic E-state index is 0.101. The van der Waals surface area contributed by atoms with Crippen LogP contribution in [0.2, 0.25) is 0 Å². The Morgan fingerprint density at radius 2 is 2.23 bits per heavy atom. The fourth-order valence-corrected chi connectivity index (χ4v) is 4.37. The molecule has 4 rings (SSSR count). The molecular weight excluding hydrogens is 353 g/mol. The number of furan rings is 1. The van der Waals surface area contributed by atoms with E-state index in [1.54, 1.807) is 37.3 Å². The molecule has 0 radical (unpaired) electrons. The maximum atomic E-state index is 13.6. The van der Waals surface area contributed by atoms with E-state index in [-0.39, 0.29) is 24.2 Å². The smallest absolute Gasteiger partial charge is 0.225 e. The summed E-state index contributed by atoms with van der Waals surface area (Å²) < 4.78 is 24.3. The Morgan fingerprint density at radius 3 is 3.08 bits per heavy atom. The fourth-order valence-electron chi connectivity index (χ4n) is 3.26. The number of fused-ring (bicyclic) bond motifs is 2. The first-order valence-corrected chi connectivity index (χ1v) is 9.38. The van der Waals surface area contributed by atoms with Crippen molar-refractivity contribution in [3.05, 3.63) is 59.6 Å². The molecule has 0 saturated carbocycles. The van der Waals surface area contributed by atoms with E-state index >= 15 is 0 Å². The molecule has 3 aromatic rings. The lowest BCUT2D eigenvalue weighted by molar-refractivity contribution is -0.121. The second-order valence-electron chi connectivity index (χ2n) is 6.24. The van der Waals surface area contributed by atoms with Gasteiger partial charge in [0.25, 0.3) is 0 Å². The number of methoxy groups -OCH3 is 1. The Labute approximate surface area is 154 Å². The van der Waals surface area contributed by atoms with Crippen molar-refractivity contribution >= 4 is 28.6 Å². The topological polar surface area (TPSA) is 51.5 Å². The van der Waals surface area contributed by atoms with Gasteiger partial charge in [0.2, 0.25) is 5.91 Å². The maximum Gasteiger partial charge on any atom is 0.225 e. The molecule has 1 N–H and O–H groups in total. The van der Waals surface area contributed by atoms with E-state index < -0.39 is 0 Å². The summed E-state index contributed by atoms with van der Waals surface area (Å²) in [6, 6.07) is 10.1. The largest absolute Gasteiger partial charge is 0.497 e. The SMILES string of the molecule is COc1ccc2c(CC(=O)NC3CCSc4ccc(F)cc43)coc2c1. The van der Waals surface area contributed by atoms with E-state index in [1.165, 1.54) is 12.1 Å². The van der Waals surface area contributed by atoms with Crippen molar-refractivity contribution in [1.29, 1.82) is 0 Å². The molecule has 1 aliphatic heterocycles. The van der Waals surface area contributed by atoms with Gasteiger partial charge in [0, 0.05) is 27.7 Å². The third-order valence-electron chi connectivity index (χ3n) is 4.56. The molecular formula is C20H18FNO3S. The molecule has 2 aromatic carbocycles. The fraction of sp³-hybridized carbons (Fsp3) is 0.250. The van der Waals surface area contributed by atoms with Gasteiger partial charge in [-0.3, -0.25) is 4.79 Å². The third-order valence-corrected chi connectivity index (χ3v) is 5.68. The van der Waals surface area contributed by atoms with Crippen LogP contribution < -0.4 is 10.1 Å². The lowest BCUT2D eigenvalue weighted by atomic mass is 10.0. The Hall–Kier alpha value is -2.47. The standard InChI is InChI=1S/C20H18FNO3S/c1-24-14-3-4-15-12(11-25-18(15)10-14)8-20(23)22-17-6-7-26-19-5-2-13(21)9-16(17)19/h2-5,9-11,17H,6-8H2,1H3,(H,22,23). The molecule has 1 atom stereocenters. The number of carbonyl (C=O) groups excluding carboxylic acids is 1. The van der Waals surface area contributed by atoms with E-state index in [9.17, 15) is 9.18 Å². The van der Waals surface area contributed by atoms with Gasteiger partial charge in [0.05, 0.1) is 25.8 Å². The molecule has 1 amide bonds. The van der Waals surface area contributed by atoms with Crippen molar-refractivity contribution in [1.82, 2.24) is 5.32 Å². The number of hydrogen-bond donors (Lipinski definition) is 1. The van der Waals surface area contributed by atoms with E-state index in [4.69, 9.17) is 9.15 Å². The highest BCUT2D eigenvalue weighted by Gasteiger charge is 2.23. The molecule has 26 heavy (non-hydrogen) atoms. The predicted molar refractivity (Wildman–Crippen MR) is 99.1 cm³/mol. The van der Waals surface area contributed by atoms with Crippen LogP contribution in [0.1, 0.15) is 23.6 Å². The normalized spacial score (nSPS) is 16.3. The van der Waals surface area contributed by atoms with Crippen molar-refractivity contribution < 1.29 is 18.3 Å². The summed E-state index contributed by atoms with van der Waals surface area (Å²) in [4.78, 5) is 13.6. The highest BCUT2D eigenvalue weighted by molar-refractivity contribution is 7.99. The van der Waals surface area contributed by atoms with Crippen LogP contribution in [-0.4, -0.2) is 18.8 Å². The number of amides is 1. The van der Waals surface area contributed by atoms with Gasteiger partial charge in [0.1, 0.15) is 17.1 Å². The molecule has 134 valence electrons. The zero-order chi connectivity index (χ0) is 18.1. The molecule has 0 saturated heterocycles. The van der Waals surface area contributed by atoms with Gasteiger partial charge in [0.15, 0.2) is 0 Å². The van der Waals surface area contributed by atoms with Gasteiger partial charge < -0.3 is 14.5 Å². The van der Waals surface area contributed by atoms with Gasteiger partial charge >= 0.3 is 0 Å². The van der Waals surface area contributed by atoms with Crippen LogP contribution in [-0.2, 0) is 11.2 Å². The van der Waals surface area contributed by atoms with Crippen LogP contribution in [0.4, 0.5) is 4.39 Å². The van der Waals surface area contributed by atoms with Crippen LogP contribution in [0.25, 0.3) is 11.0 Å². The highest BCUT2D eigenvalue weighted by Crippen LogP contribution is 2.36. The van der Waals surface area contributed by atoms with Crippen molar-refractivity contribution in [2.45, 2.75) is 23.8 Å². The van der Waals surface area contributed by atoms with E-state index in [0.717, 1.165) is 33.6 Å². The molecule has 0 fully saturated rings. The number of nitrogens with one attached hydrogen (secondary N) is 1. The molecule has 1 unspecified atom stereocenters. The number of thioether (sulfide) groups is 1. The Kier molecular flexibility index (Phi) is 4.59. The quantitative estimate of drug-likeness (QED) is 0.735. The van der Waals surface area contributed by atoms with Gasteiger partial charge in [-0.05, 0) is 42.3 Å². The van der Waals surface area contributed by atoms with Gasteiger partial charge in [-0.25, -0.2) is 4.39 Å². The molecule has 4 nitrogen and oxygen atoms in total. The van der Waals surface area contributed by atoms with E-state index in [2.05, 4.69) is 5.32 Å². The zero-order valence-electron chi connectivity index (χ0n) is 14.3. The predicted octanol–water partition coefficient (Wildman–Crippen LogP) is 4.48. The van der Waals surface area contributed by atoms with Gasteiger partial charge in [-0.2, -0.15) is 0 Å². The first kappa shape index (κ1) is 17.0. The Bertz CT molecular complexity index is 969. The number of carbonyl (C=O) groups is 1. The molecule has 1 aromatic heterocycles. The van der Waals surface area contributed by atoms with Crippen molar-refractivity contribution in [2.75, 3.05) is 12.9 Å². The van der Waals surface area contributed by atoms with E-state index in [1.807, 2.05) is 12.1 Å². The first-order valence-electron chi connectivity index (χ1n) is 8.40. The van der Waals surface area contributed by atoms with Crippen molar-refractivity contribution in [3.8, 4) is 5.75 Å². The van der Waals surface area contributed by atoms with Crippen LogP contribution in [0.3, 0.4) is 0 Å². The van der Waals surface area contributed by atoms with Crippen molar-refractivity contribution in [3.63, 3.8) is 0 Å². The second kappa shape index (κ2) is 7.03. The number of benzene rings is 2. The Balaban J connectivity index is 1.51. The monoisotopic (exact) mass is 371 g/mol. The van der Waals surface area contributed by atoms with E-state index in [0.29, 0.717) is 11.3 Å². The van der Waals surface area contributed by atoms with Gasteiger partial charge in [-0.15, -0.1) is 11.8 Å². The lowest BCUT2D eigenvalue weighted by Gasteiger charge is -2.26. The van der Waals surface area contributed by atoms with Crippen LogP contribution in [0.15, 0.2) is 52.0 Å².